The van der Waals surface area contributed by atoms with Gasteiger partial charge >= 0.3 is 12.5 Å². The largest absolute Gasteiger partial charge is 0.573 e. The molecule has 0 aliphatic carbocycles. The van der Waals surface area contributed by atoms with Crippen LogP contribution in [-0.2, 0) is 6.18 Å². The molecule has 1 rings (SSSR count). The minimum atomic E-state index is -5.35. The maximum absolute atomic E-state index is 12.9. The first-order valence-electron chi connectivity index (χ1n) is 3.83. The van der Waals surface area contributed by atoms with E-state index in [-0.39, 0.29) is 6.07 Å². The van der Waals surface area contributed by atoms with E-state index in [1.54, 1.807) is 0 Å². The van der Waals surface area contributed by atoms with E-state index in [2.05, 4.69) is 20.7 Å². The van der Waals surface area contributed by atoms with Crippen molar-refractivity contribution < 1.29 is 35.5 Å². The predicted molar refractivity (Wildman–Crippen MR) is 45.8 cm³/mol. The van der Waals surface area contributed by atoms with Crippen molar-refractivity contribution in [2.75, 3.05) is 0 Å². The monoisotopic (exact) mass is 326 g/mol. The molecule has 96 valence electrons. The number of ether oxygens (including phenoxy) is 1. The minimum absolute atomic E-state index is 0.168. The van der Waals surface area contributed by atoms with Crippen molar-refractivity contribution in [2.45, 2.75) is 12.5 Å². The fourth-order valence-electron chi connectivity index (χ4n) is 0.971. The highest BCUT2D eigenvalue weighted by Crippen LogP contribution is 2.43. The van der Waals surface area contributed by atoms with Gasteiger partial charge in [-0.25, -0.2) is 4.39 Å². The molecule has 0 fully saturated rings. The van der Waals surface area contributed by atoms with Crippen LogP contribution in [0.1, 0.15) is 5.56 Å². The van der Waals surface area contributed by atoms with Crippen LogP contribution in [0.25, 0.3) is 0 Å². The summed E-state index contributed by atoms with van der Waals surface area (Å²) >= 11 is 2.28. The molecule has 0 unspecified atom stereocenters. The molecule has 17 heavy (non-hydrogen) atoms. The van der Waals surface area contributed by atoms with Crippen molar-refractivity contribution in [3.8, 4) is 5.75 Å². The first kappa shape index (κ1) is 14.1. The Kier molecular flexibility index (Phi) is 3.60. The van der Waals surface area contributed by atoms with E-state index in [0.717, 1.165) is 0 Å². The molecule has 0 amide bonds. The molecule has 0 radical (unpaired) electrons. The molecule has 0 atom stereocenters. The Bertz CT molecular complexity index is 423. The molecule has 1 nitrogen and oxygen atoms in total. The van der Waals surface area contributed by atoms with E-state index in [9.17, 15) is 30.7 Å². The highest BCUT2D eigenvalue weighted by atomic mass is 79.9. The fourth-order valence-corrected chi connectivity index (χ4v) is 1.40. The highest BCUT2D eigenvalue weighted by molar-refractivity contribution is 9.10. The van der Waals surface area contributed by atoms with E-state index in [4.69, 9.17) is 0 Å². The Morgan fingerprint density at radius 1 is 1.00 bits per heavy atom. The number of hydrogen-bond acceptors (Lipinski definition) is 1. The zero-order valence-electron chi connectivity index (χ0n) is 7.59. The lowest BCUT2D eigenvalue weighted by atomic mass is 10.2. The van der Waals surface area contributed by atoms with E-state index >= 15 is 0 Å². The molecule has 0 saturated carbocycles. The number of benzene rings is 1. The summed E-state index contributed by atoms with van der Waals surface area (Å²) in [6, 6.07) is 0.553. The van der Waals surface area contributed by atoms with Crippen molar-refractivity contribution in [3.05, 3.63) is 28.0 Å². The smallest absolute Gasteiger partial charge is 0.404 e. The summed E-state index contributed by atoms with van der Waals surface area (Å²) in [7, 11) is 0. The van der Waals surface area contributed by atoms with E-state index in [0.29, 0.717) is 6.07 Å². The zero-order chi connectivity index (χ0) is 13.4. The summed E-state index contributed by atoms with van der Waals surface area (Å²) in [5.74, 6) is -2.94. The molecule has 0 heterocycles. The van der Waals surface area contributed by atoms with Gasteiger partial charge in [0.15, 0.2) is 5.75 Å². The van der Waals surface area contributed by atoms with Crippen LogP contribution in [0.4, 0.5) is 30.7 Å². The maximum atomic E-state index is 12.9. The molecule has 0 spiro atoms. The Balaban J connectivity index is 3.37. The molecule has 0 bridgehead atoms. The first-order valence-corrected chi connectivity index (χ1v) is 4.62. The molecule has 0 aromatic heterocycles. The van der Waals surface area contributed by atoms with Gasteiger partial charge in [-0.3, -0.25) is 0 Å². The minimum Gasteiger partial charge on any atom is -0.404 e. The van der Waals surface area contributed by atoms with Gasteiger partial charge in [0.1, 0.15) is 5.82 Å². The van der Waals surface area contributed by atoms with Crippen LogP contribution in [-0.4, -0.2) is 6.36 Å². The van der Waals surface area contributed by atoms with Gasteiger partial charge in [0.05, 0.1) is 10.0 Å². The van der Waals surface area contributed by atoms with Gasteiger partial charge in [-0.2, -0.15) is 13.2 Å². The average molecular weight is 327 g/mol. The van der Waals surface area contributed by atoms with Crippen LogP contribution >= 0.6 is 15.9 Å². The molecule has 0 aliphatic rings. The average Bonchev–Trinajstić information content (AvgIpc) is 2.08. The summed E-state index contributed by atoms with van der Waals surface area (Å²) < 4.78 is 87.7. The summed E-state index contributed by atoms with van der Waals surface area (Å²) in [6.07, 6.45) is -10.4. The second-order valence-electron chi connectivity index (χ2n) is 2.78. The molecular weight excluding hydrogens is 325 g/mol. The lowest BCUT2D eigenvalue weighted by molar-refractivity contribution is -0.276. The third-order valence-electron chi connectivity index (χ3n) is 1.57. The summed E-state index contributed by atoms with van der Waals surface area (Å²) in [4.78, 5) is 0. The van der Waals surface area contributed by atoms with Crippen molar-refractivity contribution in [3.63, 3.8) is 0 Å². The van der Waals surface area contributed by atoms with Crippen molar-refractivity contribution in [1.29, 1.82) is 0 Å². The third-order valence-corrected chi connectivity index (χ3v) is 2.31. The fraction of sp³-hybridized carbons (Fsp3) is 0.250. The molecule has 0 N–H and O–H groups in total. The maximum Gasteiger partial charge on any atom is 0.573 e. The van der Waals surface area contributed by atoms with Crippen molar-refractivity contribution in [2.24, 2.45) is 0 Å². The summed E-state index contributed by atoms with van der Waals surface area (Å²) in [6.45, 7) is 0. The number of alkyl halides is 6. The number of rotatable bonds is 1. The first-order chi connectivity index (χ1) is 7.52. The second-order valence-corrected chi connectivity index (χ2v) is 3.58. The topological polar surface area (TPSA) is 9.23 Å². The standard InChI is InChI=1S/C8H2BrF7O/c9-5-4(10)2-1-3(7(11,12)13)6(5)17-8(14,15)16/h1-2H. The second kappa shape index (κ2) is 4.35. The van der Waals surface area contributed by atoms with Gasteiger partial charge in [0.2, 0.25) is 0 Å². The number of hydrogen-bond donors (Lipinski definition) is 0. The summed E-state index contributed by atoms with van der Waals surface area (Å²) in [5.41, 5.74) is -1.72. The van der Waals surface area contributed by atoms with Crippen LogP contribution in [0, 0.1) is 5.82 Å². The Labute approximate surface area is 98.3 Å². The van der Waals surface area contributed by atoms with Crippen LogP contribution in [0.3, 0.4) is 0 Å². The van der Waals surface area contributed by atoms with Gasteiger partial charge < -0.3 is 4.74 Å². The highest BCUT2D eigenvalue weighted by Gasteiger charge is 2.41. The molecule has 9 heteroatoms. The predicted octanol–water partition coefficient (Wildman–Crippen LogP) is 4.51. The van der Waals surface area contributed by atoms with Crippen LogP contribution in [0.15, 0.2) is 16.6 Å². The number of halogens is 8. The van der Waals surface area contributed by atoms with Gasteiger partial charge in [-0.05, 0) is 28.1 Å². The third kappa shape index (κ3) is 3.48. The SMILES string of the molecule is Fc1ccc(C(F)(F)F)c(OC(F)(F)F)c1Br. The van der Waals surface area contributed by atoms with Crippen molar-refractivity contribution >= 4 is 15.9 Å². The summed E-state index contributed by atoms with van der Waals surface area (Å²) in [5, 5.41) is 0. The molecule has 0 saturated heterocycles. The molecule has 0 aliphatic heterocycles. The molecular formula is C8H2BrF7O. The van der Waals surface area contributed by atoms with Gasteiger partial charge in [0.25, 0.3) is 0 Å². The Morgan fingerprint density at radius 2 is 1.53 bits per heavy atom. The lowest BCUT2D eigenvalue weighted by Crippen LogP contribution is -2.20. The van der Waals surface area contributed by atoms with Crippen LogP contribution in [0.5, 0.6) is 5.75 Å². The van der Waals surface area contributed by atoms with E-state index < -0.39 is 34.1 Å². The van der Waals surface area contributed by atoms with E-state index in [1.807, 2.05) is 0 Å². The van der Waals surface area contributed by atoms with Crippen LogP contribution in [0.2, 0.25) is 0 Å². The van der Waals surface area contributed by atoms with Crippen LogP contribution < -0.4 is 4.74 Å². The van der Waals surface area contributed by atoms with Gasteiger partial charge in [0, 0.05) is 0 Å². The quantitative estimate of drug-likeness (QED) is 0.690. The van der Waals surface area contributed by atoms with Gasteiger partial charge in [-0.1, -0.05) is 0 Å². The Hall–Kier alpha value is -0.990. The Morgan fingerprint density at radius 3 is 1.94 bits per heavy atom. The van der Waals surface area contributed by atoms with Gasteiger partial charge in [-0.15, -0.1) is 13.2 Å². The lowest BCUT2D eigenvalue weighted by Gasteiger charge is -2.16. The zero-order valence-corrected chi connectivity index (χ0v) is 9.17. The van der Waals surface area contributed by atoms with Crippen molar-refractivity contribution in [1.82, 2.24) is 0 Å². The molecule has 1 aromatic rings. The normalized spacial score (nSPS) is 12.7. The van der Waals surface area contributed by atoms with E-state index in [1.165, 1.54) is 0 Å². The molecule has 1 aromatic carbocycles.